The Balaban J connectivity index is 0. The number of nitrogens with zero attached hydrogens (tertiary/aromatic N) is 2. The number of hydrogen-bond acceptors (Lipinski definition) is 3. The number of carbonyl (C=O) groups excluding carboxylic acids is 1. The van der Waals surface area contributed by atoms with E-state index in [0.29, 0.717) is 13.1 Å². The van der Waals surface area contributed by atoms with Gasteiger partial charge in [0.05, 0.1) is 6.26 Å². The van der Waals surface area contributed by atoms with E-state index in [4.69, 9.17) is 0 Å². The van der Waals surface area contributed by atoms with Crippen LogP contribution in [0, 0.1) is 0 Å². The van der Waals surface area contributed by atoms with Crippen molar-refractivity contribution in [2.45, 2.75) is 20.8 Å². The van der Waals surface area contributed by atoms with Gasteiger partial charge in [0.1, 0.15) is 0 Å². The molecule has 0 N–H and O–H groups in total. The van der Waals surface area contributed by atoms with E-state index in [1.54, 1.807) is 7.05 Å². The lowest BCUT2D eigenvalue weighted by Crippen LogP contribution is -2.35. The molecule has 0 radical (unpaired) electrons. The lowest BCUT2D eigenvalue weighted by molar-refractivity contribution is -0.127. The summed E-state index contributed by atoms with van der Waals surface area (Å²) in [7, 11) is -0.00208. The highest BCUT2D eigenvalue weighted by atomic mass is 32.2. The maximum absolute atomic E-state index is 10.9. The van der Waals surface area contributed by atoms with Gasteiger partial charge in [-0.1, -0.05) is 13.8 Å². The van der Waals surface area contributed by atoms with Crippen LogP contribution in [0.5, 0.6) is 0 Å². The number of rotatable bonds is 4. The van der Waals surface area contributed by atoms with Gasteiger partial charge in [-0.2, -0.15) is 0 Å². The highest BCUT2D eigenvalue weighted by Gasteiger charge is 2.11. The topological polar surface area (TPSA) is 57.7 Å². The fourth-order valence-electron chi connectivity index (χ4n) is 0.614. The minimum Gasteiger partial charge on any atom is -0.345 e. The van der Waals surface area contributed by atoms with E-state index in [-0.39, 0.29) is 5.91 Å². The molecule has 0 fully saturated rings. The number of sulfonamides is 1. The Morgan fingerprint density at radius 3 is 1.80 bits per heavy atom. The monoisotopic (exact) mass is 238 g/mol. The van der Waals surface area contributed by atoms with E-state index in [0.717, 1.165) is 6.26 Å². The SMILES string of the molecule is CC.CC(=O)N(C)CCN(C)S(C)(=O)=O. The molecule has 0 aromatic rings. The molecule has 0 saturated heterocycles. The molecule has 0 aliphatic rings. The summed E-state index contributed by atoms with van der Waals surface area (Å²) < 4.78 is 23.1. The fraction of sp³-hybridized carbons (Fsp3) is 0.889. The van der Waals surface area contributed by atoms with E-state index in [1.165, 1.54) is 23.2 Å². The maximum Gasteiger partial charge on any atom is 0.219 e. The summed E-state index contributed by atoms with van der Waals surface area (Å²) in [5, 5.41) is 0. The molecule has 0 saturated carbocycles. The van der Waals surface area contributed by atoms with E-state index in [1.807, 2.05) is 13.8 Å². The molecule has 0 aromatic carbocycles. The van der Waals surface area contributed by atoms with E-state index in [2.05, 4.69) is 0 Å². The molecule has 0 bridgehead atoms. The molecule has 15 heavy (non-hydrogen) atoms. The second-order valence-corrected chi connectivity index (χ2v) is 5.11. The number of likely N-dealkylation sites (N-methyl/N-ethyl adjacent to an activating group) is 2. The predicted molar refractivity (Wildman–Crippen MR) is 62.1 cm³/mol. The molecule has 0 spiro atoms. The Bertz CT molecular complexity index is 275. The van der Waals surface area contributed by atoms with Crippen molar-refractivity contribution >= 4 is 15.9 Å². The van der Waals surface area contributed by atoms with Crippen LogP contribution in [-0.4, -0.2) is 57.0 Å². The van der Waals surface area contributed by atoms with Crippen molar-refractivity contribution < 1.29 is 13.2 Å². The molecule has 0 aromatic heterocycles. The van der Waals surface area contributed by atoms with Crippen molar-refractivity contribution in [3.8, 4) is 0 Å². The maximum atomic E-state index is 10.9. The van der Waals surface area contributed by atoms with Crippen molar-refractivity contribution in [2.75, 3.05) is 33.4 Å². The third-order valence-electron chi connectivity index (χ3n) is 1.85. The standard InChI is InChI=1S/C7H16N2O3S.C2H6/c1-7(10)8(2)5-6-9(3)13(4,11)12;1-2/h5-6H2,1-4H3;1-2H3. The average Bonchev–Trinajstić information content (AvgIpc) is 2.15. The van der Waals surface area contributed by atoms with Crippen LogP contribution in [0.2, 0.25) is 0 Å². The van der Waals surface area contributed by atoms with E-state index < -0.39 is 10.0 Å². The third kappa shape index (κ3) is 8.38. The first-order valence-electron chi connectivity index (χ1n) is 4.88. The number of carbonyl (C=O) groups is 1. The Labute approximate surface area is 93.1 Å². The first kappa shape index (κ1) is 16.8. The average molecular weight is 238 g/mol. The van der Waals surface area contributed by atoms with Gasteiger partial charge in [-0.3, -0.25) is 4.79 Å². The van der Waals surface area contributed by atoms with Gasteiger partial charge < -0.3 is 4.90 Å². The minimum atomic E-state index is -3.13. The van der Waals surface area contributed by atoms with Crippen LogP contribution in [0.3, 0.4) is 0 Å². The highest BCUT2D eigenvalue weighted by Crippen LogP contribution is 1.93. The van der Waals surface area contributed by atoms with Crippen LogP contribution in [0.15, 0.2) is 0 Å². The molecule has 0 unspecified atom stereocenters. The van der Waals surface area contributed by atoms with Gasteiger partial charge in [-0.15, -0.1) is 0 Å². The zero-order valence-corrected chi connectivity index (χ0v) is 11.3. The predicted octanol–water partition coefficient (Wildman–Crippen LogP) is 0.382. The summed E-state index contributed by atoms with van der Waals surface area (Å²) in [5.74, 6) is -0.0677. The van der Waals surface area contributed by atoms with Crippen molar-refractivity contribution in [1.82, 2.24) is 9.21 Å². The zero-order valence-electron chi connectivity index (χ0n) is 10.4. The summed E-state index contributed by atoms with van der Waals surface area (Å²) in [5.41, 5.74) is 0. The molecule has 92 valence electrons. The lowest BCUT2D eigenvalue weighted by Gasteiger charge is -2.19. The molecular formula is C9H22N2O3S. The summed E-state index contributed by atoms with van der Waals surface area (Å²) in [6, 6.07) is 0. The Kier molecular flexibility index (Phi) is 8.56. The van der Waals surface area contributed by atoms with Crippen LogP contribution >= 0.6 is 0 Å². The Morgan fingerprint density at radius 1 is 1.13 bits per heavy atom. The molecular weight excluding hydrogens is 216 g/mol. The van der Waals surface area contributed by atoms with Gasteiger partial charge in [0.2, 0.25) is 15.9 Å². The Hall–Kier alpha value is -0.620. The molecule has 5 nitrogen and oxygen atoms in total. The highest BCUT2D eigenvalue weighted by molar-refractivity contribution is 7.88. The zero-order chi connectivity index (χ0) is 12.6. The molecule has 0 aliphatic heterocycles. The second kappa shape index (κ2) is 7.64. The molecule has 0 atom stereocenters. The molecule has 1 amide bonds. The van der Waals surface area contributed by atoms with Gasteiger partial charge in [-0.05, 0) is 0 Å². The van der Waals surface area contributed by atoms with Crippen LogP contribution in [-0.2, 0) is 14.8 Å². The summed E-state index contributed by atoms with van der Waals surface area (Å²) in [6.07, 6.45) is 1.14. The van der Waals surface area contributed by atoms with Crippen LogP contribution in [0.1, 0.15) is 20.8 Å². The van der Waals surface area contributed by atoms with Crippen LogP contribution in [0.25, 0.3) is 0 Å². The molecule has 0 heterocycles. The van der Waals surface area contributed by atoms with Crippen molar-refractivity contribution in [3.05, 3.63) is 0 Å². The molecule has 0 rings (SSSR count). The Morgan fingerprint density at radius 2 is 1.53 bits per heavy atom. The molecule has 6 heteroatoms. The first-order valence-corrected chi connectivity index (χ1v) is 6.73. The van der Waals surface area contributed by atoms with Gasteiger partial charge in [0.15, 0.2) is 0 Å². The smallest absolute Gasteiger partial charge is 0.219 e. The summed E-state index contributed by atoms with van der Waals surface area (Å²) in [6.45, 7) is 6.19. The van der Waals surface area contributed by atoms with E-state index in [9.17, 15) is 13.2 Å². The van der Waals surface area contributed by atoms with Crippen LogP contribution < -0.4 is 0 Å². The third-order valence-corrected chi connectivity index (χ3v) is 3.17. The number of amides is 1. The summed E-state index contributed by atoms with van der Waals surface area (Å²) in [4.78, 5) is 12.2. The summed E-state index contributed by atoms with van der Waals surface area (Å²) >= 11 is 0. The number of hydrogen-bond donors (Lipinski definition) is 0. The largest absolute Gasteiger partial charge is 0.345 e. The van der Waals surface area contributed by atoms with Crippen molar-refractivity contribution in [2.24, 2.45) is 0 Å². The quantitative estimate of drug-likeness (QED) is 0.711. The minimum absolute atomic E-state index is 0.0677. The fourth-order valence-corrected chi connectivity index (χ4v) is 1.03. The van der Waals surface area contributed by atoms with Crippen molar-refractivity contribution in [1.29, 1.82) is 0 Å². The van der Waals surface area contributed by atoms with Crippen molar-refractivity contribution in [3.63, 3.8) is 0 Å². The van der Waals surface area contributed by atoms with Gasteiger partial charge in [0.25, 0.3) is 0 Å². The van der Waals surface area contributed by atoms with Crippen LogP contribution in [0.4, 0.5) is 0 Å². The lowest BCUT2D eigenvalue weighted by atomic mass is 10.5. The normalized spacial score (nSPS) is 10.6. The second-order valence-electron chi connectivity index (χ2n) is 3.03. The first-order chi connectivity index (χ1) is 6.75. The van der Waals surface area contributed by atoms with Gasteiger partial charge in [-0.25, -0.2) is 12.7 Å². The molecule has 0 aliphatic carbocycles. The van der Waals surface area contributed by atoms with Gasteiger partial charge in [0, 0.05) is 34.1 Å². The van der Waals surface area contributed by atoms with Gasteiger partial charge >= 0.3 is 0 Å². The van der Waals surface area contributed by atoms with E-state index >= 15 is 0 Å².